The third-order valence-corrected chi connectivity index (χ3v) is 3.96. The van der Waals surface area contributed by atoms with Crippen LogP contribution >= 0.6 is 28.3 Å². The van der Waals surface area contributed by atoms with Gasteiger partial charge in [-0.3, -0.25) is 0 Å². The van der Waals surface area contributed by atoms with Crippen molar-refractivity contribution in [2.45, 2.75) is 25.4 Å². The maximum atomic E-state index is 3.56. The highest BCUT2D eigenvalue weighted by atomic mass is 79.9. The molecule has 1 fully saturated rings. The highest BCUT2D eigenvalue weighted by Gasteiger charge is 2.34. The summed E-state index contributed by atoms with van der Waals surface area (Å²) in [6, 6.07) is 7.94. The molecule has 1 saturated heterocycles. The Morgan fingerprint density at radius 3 is 3.00 bits per heavy atom. The number of rotatable bonds is 0. The highest BCUT2D eigenvalue weighted by molar-refractivity contribution is 9.10. The Labute approximate surface area is 111 Å². The zero-order valence-electron chi connectivity index (χ0n) is 9.24. The number of hydrogen-bond acceptors (Lipinski definition) is 2. The van der Waals surface area contributed by atoms with Gasteiger partial charge in [-0.15, -0.1) is 12.4 Å². The summed E-state index contributed by atoms with van der Waals surface area (Å²) in [7, 11) is 0. The Hall–Kier alpha value is -0.250. The molecule has 16 heavy (non-hydrogen) atoms. The number of piperazine rings is 1. The summed E-state index contributed by atoms with van der Waals surface area (Å²) in [5, 5.41) is 3.50. The predicted octanol–water partition coefficient (Wildman–Crippen LogP) is 2.59. The Morgan fingerprint density at radius 1 is 1.38 bits per heavy atom. The van der Waals surface area contributed by atoms with Crippen LogP contribution in [0.2, 0.25) is 0 Å². The molecule has 1 aromatic carbocycles. The minimum atomic E-state index is 0. The molecule has 0 bridgehead atoms. The molecule has 2 atom stereocenters. The molecule has 1 aromatic rings. The van der Waals surface area contributed by atoms with E-state index in [0.29, 0.717) is 12.1 Å². The normalized spacial score (nSPS) is 27.0. The van der Waals surface area contributed by atoms with Crippen molar-refractivity contribution >= 4 is 34.0 Å². The first-order chi connectivity index (χ1) is 7.25. The molecule has 0 spiro atoms. The number of hydrogen-bond donors (Lipinski definition) is 1. The van der Waals surface area contributed by atoms with E-state index in [9.17, 15) is 0 Å². The van der Waals surface area contributed by atoms with Gasteiger partial charge in [0.05, 0.1) is 0 Å². The predicted molar refractivity (Wildman–Crippen MR) is 73.7 cm³/mol. The van der Waals surface area contributed by atoms with Crippen molar-refractivity contribution < 1.29 is 0 Å². The van der Waals surface area contributed by atoms with Crippen LogP contribution in [0, 0.1) is 0 Å². The number of anilines is 1. The van der Waals surface area contributed by atoms with Crippen LogP contribution < -0.4 is 10.2 Å². The first-order valence-corrected chi connectivity index (χ1v) is 6.32. The van der Waals surface area contributed by atoms with Crippen molar-refractivity contribution in [3.05, 3.63) is 28.2 Å². The van der Waals surface area contributed by atoms with E-state index in [4.69, 9.17) is 0 Å². The van der Waals surface area contributed by atoms with Crippen LogP contribution in [-0.2, 0) is 6.42 Å². The van der Waals surface area contributed by atoms with E-state index in [1.54, 1.807) is 0 Å². The van der Waals surface area contributed by atoms with E-state index in [-0.39, 0.29) is 12.4 Å². The van der Waals surface area contributed by atoms with E-state index in [2.05, 4.69) is 51.3 Å². The Kier molecular flexibility index (Phi) is 3.48. The van der Waals surface area contributed by atoms with Crippen molar-refractivity contribution in [1.82, 2.24) is 5.32 Å². The minimum Gasteiger partial charge on any atom is -0.363 e. The monoisotopic (exact) mass is 302 g/mol. The summed E-state index contributed by atoms with van der Waals surface area (Å²) in [4.78, 5) is 2.58. The van der Waals surface area contributed by atoms with Crippen molar-refractivity contribution in [3.63, 3.8) is 0 Å². The lowest BCUT2D eigenvalue weighted by Gasteiger charge is -2.38. The lowest BCUT2D eigenvalue weighted by Crippen LogP contribution is -2.54. The molecule has 0 aliphatic carbocycles. The summed E-state index contributed by atoms with van der Waals surface area (Å²) in [5.74, 6) is 0. The summed E-state index contributed by atoms with van der Waals surface area (Å²) in [6.45, 7) is 4.52. The SMILES string of the molecule is C[C@@H]1CNC[C@H]2Cc3ccc(Br)cc3N21.Cl. The standard InChI is InChI=1S/C12H15BrN2.ClH/c1-8-6-14-7-11-4-9-2-3-10(13)5-12(9)15(8)11;/h2-3,5,8,11,14H,4,6-7H2,1H3;1H/t8-,11-;/m1./s1. The van der Waals surface area contributed by atoms with Crippen LogP contribution in [0.15, 0.2) is 22.7 Å². The van der Waals surface area contributed by atoms with E-state index < -0.39 is 0 Å². The maximum Gasteiger partial charge on any atom is 0.0459 e. The lowest BCUT2D eigenvalue weighted by molar-refractivity contribution is 0.430. The summed E-state index contributed by atoms with van der Waals surface area (Å²) in [6.07, 6.45) is 1.19. The fourth-order valence-electron chi connectivity index (χ4n) is 2.82. The van der Waals surface area contributed by atoms with Crippen molar-refractivity contribution in [2.75, 3.05) is 18.0 Å². The Bertz CT molecular complexity index is 397. The molecule has 3 rings (SSSR count). The zero-order valence-corrected chi connectivity index (χ0v) is 11.6. The van der Waals surface area contributed by atoms with E-state index in [1.165, 1.54) is 22.1 Å². The van der Waals surface area contributed by atoms with Gasteiger partial charge in [0.1, 0.15) is 0 Å². The molecule has 0 aromatic heterocycles. The second kappa shape index (κ2) is 4.55. The van der Waals surface area contributed by atoms with Crippen molar-refractivity contribution in [2.24, 2.45) is 0 Å². The molecule has 0 radical (unpaired) electrons. The van der Waals surface area contributed by atoms with Crippen molar-refractivity contribution in [3.8, 4) is 0 Å². The third-order valence-electron chi connectivity index (χ3n) is 3.47. The zero-order chi connectivity index (χ0) is 10.4. The van der Waals surface area contributed by atoms with Gasteiger partial charge in [0, 0.05) is 35.3 Å². The fraction of sp³-hybridized carbons (Fsp3) is 0.500. The first-order valence-electron chi connectivity index (χ1n) is 5.53. The number of fused-ring (bicyclic) bond motifs is 3. The number of nitrogens with one attached hydrogen (secondary N) is 1. The van der Waals surface area contributed by atoms with Crippen LogP contribution in [-0.4, -0.2) is 25.2 Å². The van der Waals surface area contributed by atoms with Gasteiger partial charge in [-0.2, -0.15) is 0 Å². The molecule has 88 valence electrons. The van der Waals surface area contributed by atoms with Crippen LogP contribution in [0.1, 0.15) is 12.5 Å². The van der Waals surface area contributed by atoms with Gasteiger partial charge >= 0.3 is 0 Å². The average Bonchev–Trinajstić information content (AvgIpc) is 2.57. The van der Waals surface area contributed by atoms with Gasteiger partial charge in [-0.05, 0) is 31.0 Å². The molecule has 0 saturated carbocycles. The highest BCUT2D eigenvalue weighted by Crippen LogP contribution is 2.36. The van der Waals surface area contributed by atoms with Gasteiger partial charge < -0.3 is 10.2 Å². The summed E-state index contributed by atoms with van der Waals surface area (Å²) >= 11 is 3.56. The smallest absolute Gasteiger partial charge is 0.0459 e. The topological polar surface area (TPSA) is 15.3 Å². The molecule has 2 aliphatic heterocycles. The minimum absolute atomic E-state index is 0. The quantitative estimate of drug-likeness (QED) is 0.792. The molecule has 4 heteroatoms. The van der Waals surface area contributed by atoms with Gasteiger partial charge in [0.2, 0.25) is 0 Å². The number of benzene rings is 1. The molecule has 1 N–H and O–H groups in total. The van der Waals surface area contributed by atoms with E-state index in [1.807, 2.05) is 0 Å². The van der Waals surface area contributed by atoms with Gasteiger partial charge in [0.15, 0.2) is 0 Å². The van der Waals surface area contributed by atoms with E-state index >= 15 is 0 Å². The molecular weight excluding hydrogens is 288 g/mol. The van der Waals surface area contributed by atoms with Crippen LogP contribution in [0.25, 0.3) is 0 Å². The fourth-order valence-corrected chi connectivity index (χ4v) is 3.17. The molecule has 2 nitrogen and oxygen atoms in total. The van der Waals surface area contributed by atoms with Crippen molar-refractivity contribution in [1.29, 1.82) is 0 Å². The molecular formula is C12H16BrClN2. The Balaban J connectivity index is 0.000000963. The van der Waals surface area contributed by atoms with Crippen LogP contribution in [0.4, 0.5) is 5.69 Å². The lowest BCUT2D eigenvalue weighted by atomic mass is 10.1. The Morgan fingerprint density at radius 2 is 2.19 bits per heavy atom. The van der Waals surface area contributed by atoms with Gasteiger partial charge in [0.25, 0.3) is 0 Å². The van der Waals surface area contributed by atoms with Crippen LogP contribution in [0.3, 0.4) is 0 Å². The van der Waals surface area contributed by atoms with E-state index in [0.717, 1.165) is 13.1 Å². The molecule has 2 heterocycles. The largest absolute Gasteiger partial charge is 0.363 e. The second-order valence-corrected chi connectivity index (χ2v) is 5.46. The number of nitrogens with zero attached hydrogens (tertiary/aromatic N) is 1. The maximum absolute atomic E-state index is 3.56. The summed E-state index contributed by atoms with van der Waals surface area (Å²) < 4.78 is 1.19. The first kappa shape index (κ1) is 12.2. The summed E-state index contributed by atoms with van der Waals surface area (Å²) in [5.41, 5.74) is 2.93. The average molecular weight is 304 g/mol. The third kappa shape index (κ3) is 1.85. The molecule has 0 unspecified atom stereocenters. The van der Waals surface area contributed by atoms with Gasteiger partial charge in [-0.25, -0.2) is 0 Å². The van der Waals surface area contributed by atoms with Crippen LogP contribution in [0.5, 0.6) is 0 Å². The number of halogens is 2. The second-order valence-electron chi connectivity index (χ2n) is 4.55. The molecule has 2 aliphatic rings. The molecule has 0 amide bonds. The van der Waals surface area contributed by atoms with Gasteiger partial charge in [-0.1, -0.05) is 22.0 Å².